The van der Waals surface area contributed by atoms with Gasteiger partial charge in [-0.25, -0.2) is 4.98 Å². The van der Waals surface area contributed by atoms with Crippen LogP contribution in [0.25, 0.3) is 5.82 Å². The molecule has 1 fully saturated rings. The van der Waals surface area contributed by atoms with Gasteiger partial charge in [0.15, 0.2) is 0 Å². The lowest BCUT2D eigenvalue weighted by Crippen LogP contribution is -2.52. The third kappa shape index (κ3) is 4.93. The quantitative estimate of drug-likeness (QED) is 0.673. The highest BCUT2D eigenvalue weighted by Crippen LogP contribution is 2.20. The van der Waals surface area contributed by atoms with Crippen LogP contribution in [0.3, 0.4) is 0 Å². The number of nitrogens with zero attached hydrogens (tertiary/aromatic N) is 4. The topological polar surface area (TPSA) is 44.5 Å². The summed E-state index contributed by atoms with van der Waals surface area (Å²) in [5.41, 5.74) is 3.89. The maximum atomic E-state index is 9.62. The molecule has 0 unspecified atom stereocenters. The van der Waals surface area contributed by atoms with Crippen LogP contribution >= 0.6 is 0 Å². The minimum absolute atomic E-state index is 0.229. The summed E-state index contributed by atoms with van der Waals surface area (Å²) in [6.45, 7) is 7.21. The van der Waals surface area contributed by atoms with E-state index in [4.69, 9.17) is 0 Å². The number of hydrogen-bond donors (Lipinski definition) is 1. The monoisotopic (exact) mass is 390 g/mol. The van der Waals surface area contributed by atoms with Gasteiger partial charge in [-0.15, -0.1) is 0 Å². The van der Waals surface area contributed by atoms with Crippen molar-refractivity contribution < 1.29 is 5.11 Å². The van der Waals surface area contributed by atoms with E-state index in [1.165, 1.54) is 16.8 Å². The van der Waals surface area contributed by atoms with E-state index in [1.54, 1.807) is 0 Å². The summed E-state index contributed by atoms with van der Waals surface area (Å²) in [5.74, 6) is 0.956. The number of benzene rings is 1. The number of pyridine rings is 1. The molecule has 0 amide bonds. The number of piperazine rings is 1. The predicted molar refractivity (Wildman–Crippen MR) is 116 cm³/mol. The van der Waals surface area contributed by atoms with Gasteiger partial charge in [0.2, 0.25) is 0 Å². The molecule has 1 N–H and O–H groups in total. The molecule has 1 aliphatic rings. The summed E-state index contributed by atoms with van der Waals surface area (Å²) in [6.07, 6.45) is 4.72. The second-order valence-corrected chi connectivity index (χ2v) is 7.91. The Morgan fingerprint density at radius 1 is 1.00 bits per heavy atom. The minimum Gasteiger partial charge on any atom is -0.396 e. The van der Waals surface area contributed by atoms with E-state index in [-0.39, 0.29) is 6.61 Å². The first-order chi connectivity index (χ1) is 14.2. The van der Waals surface area contributed by atoms with Gasteiger partial charge < -0.3 is 9.67 Å². The van der Waals surface area contributed by atoms with Gasteiger partial charge in [-0.05, 0) is 43.2 Å². The average molecular weight is 391 g/mol. The van der Waals surface area contributed by atoms with Crippen molar-refractivity contribution in [3.63, 3.8) is 0 Å². The molecule has 5 heteroatoms. The Labute approximate surface area is 173 Å². The highest BCUT2D eigenvalue weighted by Gasteiger charge is 2.27. The van der Waals surface area contributed by atoms with Gasteiger partial charge in [0.25, 0.3) is 0 Å². The van der Waals surface area contributed by atoms with Crippen LogP contribution < -0.4 is 0 Å². The maximum Gasteiger partial charge on any atom is 0.136 e. The maximum absolute atomic E-state index is 9.62. The van der Waals surface area contributed by atoms with Crippen molar-refractivity contribution in [1.29, 1.82) is 0 Å². The molecule has 4 rings (SSSR count). The Hall–Kier alpha value is -2.47. The fourth-order valence-corrected chi connectivity index (χ4v) is 4.15. The SMILES string of the molecule is Cc1ccc(CN2CCN(Cc3cccn3-c3ccccn3)C[C@@H]2CCO)cc1. The first-order valence-electron chi connectivity index (χ1n) is 10.4. The summed E-state index contributed by atoms with van der Waals surface area (Å²) in [6, 6.07) is 19.4. The van der Waals surface area contributed by atoms with Gasteiger partial charge in [-0.3, -0.25) is 9.80 Å². The van der Waals surface area contributed by atoms with Crippen LogP contribution in [0.1, 0.15) is 23.2 Å². The summed E-state index contributed by atoms with van der Waals surface area (Å²) in [7, 11) is 0. The Morgan fingerprint density at radius 2 is 1.86 bits per heavy atom. The second kappa shape index (κ2) is 9.35. The van der Waals surface area contributed by atoms with Crippen molar-refractivity contribution in [1.82, 2.24) is 19.4 Å². The van der Waals surface area contributed by atoms with Gasteiger partial charge in [-0.1, -0.05) is 35.9 Å². The lowest BCUT2D eigenvalue weighted by molar-refractivity contribution is 0.0492. The molecule has 1 atom stereocenters. The molecule has 1 aliphatic heterocycles. The molecule has 0 radical (unpaired) electrons. The van der Waals surface area contributed by atoms with E-state index in [0.29, 0.717) is 6.04 Å². The van der Waals surface area contributed by atoms with E-state index in [2.05, 4.69) is 68.9 Å². The van der Waals surface area contributed by atoms with Crippen molar-refractivity contribution in [2.45, 2.75) is 32.5 Å². The zero-order chi connectivity index (χ0) is 20.1. The van der Waals surface area contributed by atoms with Crippen LogP contribution in [0.15, 0.2) is 67.0 Å². The largest absolute Gasteiger partial charge is 0.396 e. The summed E-state index contributed by atoms with van der Waals surface area (Å²) in [4.78, 5) is 9.51. The zero-order valence-corrected chi connectivity index (χ0v) is 17.1. The Kier molecular flexibility index (Phi) is 6.39. The molecule has 0 aliphatic carbocycles. The third-order valence-corrected chi connectivity index (χ3v) is 5.77. The van der Waals surface area contributed by atoms with Gasteiger partial charge >= 0.3 is 0 Å². The van der Waals surface area contributed by atoms with Crippen LogP contribution in [-0.4, -0.2) is 56.7 Å². The van der Waals surface area contributed by atoms with Crippen molar-refractivity contribution in [3.05, 3.63) is 83.8 Å². The molecule has 3 aromatic rings. The summed E-state index contributed by atoms with van der Waals surface area (Å²) < 4.78 is 2.17. The van der Waals surface area contributed by atoms with Gasteiger partial charge in [0.05, 0.1) is 0 Å². The number of rotatable bonds is 7. The standard InChI is InChI=1S/C24H30N4O/c1-20-7-9-21(10-8-20)17-27-15-14-26(18-22(27)11-16-29)19-23-5-4-13-28(23)24-6-2-3-12-25-24/h2-10,12-13,22,29H,11,14-19H2,1H3/t22-/m0/s1. The normalized spacial score (nSPS) is 18.2. The highest BCUT2D eigenvalue weighted by atomic mass is 16.3. The van der Waals surface area contributed by atoms with Gasteiger partial charge in [0, 0.05) is 63.5 Å². The molecule has 1 saturated heterocycles. The third-order valence-electron chi connectivity index (χ3n) is 5.77. The van der Waals surface area contributed by atoms with Crippen molar-refractivity contribution in [3.8, 4) is 5.82 Å². The first kappa shape index (κ1) is 19.8. The Balaban J connectivity index is 1.42. The van der Waals surface area contributed by atoms with E-state index in [9.17, 15) is 5.11 Å². The lowest BCUT2D eigenvalue weighted by atomic mass is 10.1. The molecule has 2 aromatic heterocycles. The summed E-state index contributed by atoms with van der Waals surface area (Å²) >= 11 is 0. The highest BCUT2D eigenvalue weighted by molar-refractivity contribution is 5.27. The molecular weight excluding hydrogens is 360 g/mol. The molecule has 1 aromatic carbocycles. The predicted octanol–water partition coefficient (Wildman–Crippen LogP) is 3.25. The zero-order valence-electron chi connectivity index (χ0n) is 17.1. The number of aromatic nitrogens is 2. The lowest BCUT2D eigenvalue weighted by Gasteiger charge is -2.41. The van der Waals surface area contributed by atoms with Crippen LogP contribution in [0.2, 0.25) is 0 Å². The molecule has 152 valence electrons. The summed E-state index contributed by atoms with van der Waals surface area (Å²) in [5, 5.41) is 9.62. The molecule has 3 heterocycles. The van der Waals surface area contributed by atoms with Crippen LogP contribution in [0, 0.1) is 6.92 Å². The number of aryl methyl sites for hydroxylation is 1. The van der Waals surface area contributed by atoms with E-state index < -0.39 is 0 Å². The minimum atomic E-state index is 0.229. The van der Waals surface area contributed by atoms with Crippen LogP contribution in [-0.2, 0) is 13.1 Å². The van der Waals surface area contributed by atoms with Crippen molar-refractivity contribution in [2.75, 3.05) is 26.2 Å². The first-order valence-corrected chi connectivity index (χ1v) is 10.4. The number of aliphatic hydroxyl groups is 1. The van der Waals surface area contributed by atoms with Gasteiger partial charge in [-0.2, -0.15) is 0 Å². The second-order valence-electron chi connectivity index (χ2n) is 7.91. The average Bonchev–Trinajstić information content (AvgIpc) is 3.20. The van der Waals surface area contributed by atoms with Crippen molar-refractivity contribution >= 4 is 0 Å². The molecule has 29 heavy (non-hydrogen) atoms. The molecule has 0 spiro atoms. The van der Waals surface area contributed by atoms with Crippen LogP contribution in [0.4, 0.5) is 0 Å². The van der Waals surface area contributed by atoms with E-state index >= 15 is 0 Å². The number of aliphatic hydroxyl groups excluding tert-OH is 1. The molecule has 0 saturated carbocycles. The van der Waals surface area contributed by atoms with E-state index in [1.807, 2.05) is 24.4 Å². The molecular formula is C24H30N4O. The fraction of sp³-hybridized carbons (Fsp3) is 0.375. The Bertz CT molecular complexity index is 891. The van der Waals surface area contributed by atoms with Crippen molar-refractivity contribution in [2.24, 2.45) is 0 Å². The molecule has 0 bridgehead atoms. The Morgan fingerprint density at radius 3 is 2.62 bits per heavy atom. The fourth-order valence-electron chi connectivity index (χ4n) is 4.15. The molecule has 5 nitrogen and oxygen atoms in total. The van der Waals surface area contributed by atoms with E-state index in [0.717, 1.165) is 45.0 Å². The number of hydrogen-bond acceptors (Lipinski definition) is 4. The van der Waals surface area contributed by atoms with Crippen LogP contribution in [0.5, 0.6) is 0 Å². The van der Waals surface area contributed by atoms with Gasteiger partial charge in [0.1, 0.15) is 5.82 Å². The smallest absolute Gasteiger partial charge is 0.136 e.